The first kappa shape index (κ1) is 22.1. The minimum atomic E-state index is -4.74. The zero-order chi connectivity index (χ0) is 18.4. The lowest BCUT2D eigenvalue weighted by Gasteiger charge is -2.15. The smallest absolute Gasteiger partial charge is 0.444 e. The molecule has 0 saturated carbocycles. The fourth-order valence-corrected chi connectivity index (χ4v) is 2.05. The maximum atomic E-state index is 12.4. The van der Waals surface area contributed by atoms with Crippen LogP contribution >= 0.6 is 24.0 Å². The van der Waals surface area contributed by atoms with Crippen LogP contribution in [-0.2, 0) is 13.1 Å². The molecule has 0 spiro atoms. The van der Waals surface area contributed by atoms with Crippen molar-refractivity contribution in [2.45, 2.75) is 33.3 Å². The van der Waals surface area contributed by atoms with Gasteiger partial charge in [0, 0.05) is 19.2 Å². The highest BCUT2D eigenvalue weighted by molar-refractivity contribution is 14.0. The summed E-state index contributed by atoms with van der Waals surface area (Å²) in [4.78, 5) is 8.25. The van der Waals surface area contributed by atoms with E-state index in [0.29, 0.717) is 24.0 Å². The van der Waals surface area contributed by atoms with Crippen LogP contribution in [0.3, 0.4) is 0 Å². The van der Waals surface area contributed by atoms with Gasteiger partial charge in [0.1, 0.15) is 11.5 Å². The molecule has 1 aromatic heterocycles. The zero-order valence-electron chi connectivity index (χ0n) is 14.5. The van der Waals surface area contributed by atoms with Gasteiger partial charge < -0.3 is 19.8 Å². The number of aromatic nitrogens is 1. The van der Waals surface area contributed by atoms with E-state index in [1.54, 1.807) is 19.2 Å². The number of aliphatic imine (C=N–C) groups is 1. The van der Waals surface area contributed by atoms with E-state index in [1.165, 1.54) is 12.1 Å². The van der Waals surface area contributed by atoms with E-state index in [4.69, 9.17) is 4.42 Å². The van der Waals surface area contributed by atoms with Crippen molar-refractivity contribution < 1.29 is 22.3 Å². The molecule has 0 aliphatic heterocycles. The van der Waals surface area contributed by atoms with E-state index in [2.05, 4.69) is 25.3 Å². The summed E-state index contributed by atoms with van der Waals surface area (Å²) in [7, 11) is 1.56. The van der Waals surface area contributed by atoms with Gasteiger partial charge in [-0.25, -0.2) is 4.98 Å². The van der Waals surface area contributed by atoms with Gasteiger partial charge in [0.25, 0.3) is 0 Å². The molecule has 0 aliphatic carbocycles. The monoisotopic (exact) mass is 484 g/mol. The van der Waals surface area contributed by atoms with Crippen molar-refractivity contribution in [3.63, 3.8) is 0 Å². The molecule has 2 rings (SSSR count). The Bertz CT molecular complexity index is 728. The number of guanidine groups is 1. The fourth-order valence-electron chi connectivity index (χ4n) is 2.05. The molecule has 144 valence electrons. The average molecular weight is 484 g/mol. The molecule has 2 aromatic rings. The van der Waals surface area contributed by atoms with Gasteiger partial charge >= 0.3 is 6.36 Å². The van der Waals surface area contributed by atoms with Gasteiger partial charge in [-0.05, 0) is 19.9 Å². The maximum Gasteiger partial charge on any atom is 0.573 e. The molecule has 0 saturated heterocycles. The predicted molar refractivity (Wildman–Crippen MR) is 102 cm³/mol. The lowest BCUT2D eigenvalue weighted by atomic mass is 10.2. The Hall–Kier alpha value is -1.98. The third kappa shape index (κ3) is 6.73. The normalized spacial score (nSPS) is 11.7. The van der Waals surface area contributed by atoms with Crippen LogP contribution in [0, 0.1) is 13.8 Å². The van der Waals surface area contributed by atoms with Crippen molar-refractivity contribution in [2.75, 3.05) is 7.05 Å². The zero-order valence-corrected chi connectivity index (χ0v) is 16.8. The quantitative estimate of drug-likeness (QED) is 0.385. The third-order valence-electron chi connectivity index (χ3n) is 3.35. The largest absolute Gasteiger partial charge is 0.573 e. The van der Waals surface area contributed by atoms with Gasteiger partial charge in [-0.15, -0.1) is 37.1 Å². The Morgan fingerprint density at radius 2 is 1.85 bits per heavy atom. The first-order valence-corrected chi connectivity index (χ1v) is 7.49. The number of rotatable bonds is 5. The predicted octanol–water partition coefficient (Wildman–Crippen LogP) is 3.67. The van der Waals surface area contributed by atoms with Crippen molar-refractivity contribution in [1.29, 1.82) is 0 Å². The van der Waals surface area contributed by atoms with Crippen LogP contribution in [0.15, 0.2) is 33.7 Å². The Morgan fingerprint density at radius 1 is 1.19 bits per heavy atom. The molecule has 0 bridgehead atoms. The second kappa shape index (κ2) is 9.64. The van der Waals surface area contributed by atoms with Gasteiger partial charge in [-0.3, -0.25) is 4.99 Å². The maximum absolute atomic E-state index is 12.4. The van der Waals surface area contributed by atoms with Gasteiger partial charge in [0.15, 0.2) is 5.96 Å². The van der Waals surface area contributed by atoms with E-state index < -0.39 is 6.36 Å². The number of alkyl halides is 3. The van der Waals surface area contributed by atoms with Gasteiger partial charge in [-0.2, -0.15) is 0 Å². The molecule has 6 nitrogen and oxygen atoms in total. The van der Waals surface area contributed by atoms with Gasteiger partial charge in [0.05, 0.1) is 12.2 Å². The molecule has 0 radical (unpaired) electrons. The van der Waals surface area contributed by atoms with E-state index in [9.17, 15) is 13.2 Å². The van der Waals surface area contributed by atoms with Gasteiger partial charge in [0.2, 0.25) is 5.89 Å². The summed E-state index contributed by atoms with van der Waals surface area (Å²) in [6, 6.07) is 5.92. The molecular formula is C16H20F3IN4O2. The molecular weight excluding hydrogens is 464 g/mol. The Labute approximate surface area is 166 Å². The van der Waals surface area contributed by atoms with E-state index in [0.717, 1.165) is 11.5 Å². The second-order valence-corrected chi connectivity index (χ2v) is 5.18. The second-order valence-electron chi connectivity index (χ2n) is 5.18. The van der Waals surface area contributed by atoms with Crippen LogP contribution in [0.2, 0.25) is 0 Å². The Morgan fingerprint density at radius 3 is 2.42 bits per heavy atom. The molecule has 0 amide bonds. The minimum absolute atomic E-state index is 0. The van der Waals surface area contributed by atoms with Crippen LogP contribution < -0.4 is 15.4 Å². The van der Waals surface area contributed by atoms with Crippen molar-refractivity contribution in [3.05, 3.63) is 47.2 Å². The summed E-state index contributed by atoms with van der Waals surface area (Å²) >= 11 is 0. The van der Waals surface area contributed by atoms with E-state index in [1.807, 2.05) is 13.8 Å². The van der Waals surface area contributed by atoms with Gasteiger partial charge in [-0.1, -0.05) is 18.2 Å². The summed E-state index contributed by atoms with van der Waals surface area (Å²) in [6.07, 6.45) is -4.74. The summed E-state index contributed by atoms with van der Waals surface area (Å²) < 4.78 is 46.8. The number of para-hydroxylation sites is 1. The lowest BCUT2D eigenvalue weighted by Crippen LogP contribution is -2.36. The average Bonchev–Trinajstić information content (AvgIpc) is 2.86. The molecule has 1 heterocycles. The Kier molecular flexibility index (Phi) is 8.18. The van der Waals surface area contributed by atoms with Crippen LogP contribution in [0.1, 0.15) is 22.9 Å². The molecule has 0 atom stereocenters. The topological polar surface area (TPSA) is 71.7 Å². The number of hydrogen-bond acceptors (Lipinski definition) is 4. The number of ether oxygens (including phenoxy) is 1. The third-order valence-corrected chi connectivity index (χ3v) is 3.35. The summed E-state index contributed by atoms with van der Waals surface area (Å²) in [6.45, 7) is 4.06. The number of halogens is 4. The summed E-state index contributed by atoms with van der Waals surface area (Å²) in [5.41, 5.74) is 1.16. The van der Waals surface area contributed by atoms with Crippen LogP contribution in [0.4, 0.5) is 13.2 Å². The fraction of sp³-hybridized carbons (Fsp3) is 0.375. The number of nitrogens with one attached hydrogen (secondary N) is 2. The summed E-state index contributed by atoms with van der Waals surface area (Å²) in [5, 5.41) is 5.91. The number of benzene rings is 1. The van der Waals surface area contributed by atoms with Crippen LogP contribution in [0.5, 0.6) is 5.75 Å². The number of aryl methyl sites for hydroxylation is 2. The van der Waals surface area contributed by atoms with E-state index >= 15 is 0 Å². The first-order valence-electron chi connectivity index (χ1n) is 7.49. The van der Waals surface area contributed by atoms with Crippen molar-refractivity contribution >= 4 is 29.9 Å². The van der Waals surface area contributed by atoms with Crippen LogP contribution in [0.25, 0.3) is 0 Å². The SMILES string of the molecule is CN=C(NCc1nc(C)c(C)o1)NCc1ccccc1OC(F)(F)F.I. The van der Waals surface area contributed by atoms with Crippen molar-refractivity contribution in [2.24, 2.45) is 4.99 Å². The number of oxazole rings is 1. The molecule has 0 unspecified atom stereocenters. The van der Waals surface area contributed by atoms with Crippen molar-refractivity contribution in [3.8, 4) is 5.75 Å². The molecule has 2 N–H and O–H groups in total. The number of nitrogens with zero attached hydrogens (tertiary/aromatic N) is 2. The molecule has 10 heteroatoms. The molecule has 1 aromatic carbocycles. The summed E-state index contributed by atoms with van der Waals surface area (Å²) in [5.74, 6) is 1.38. The highest BCUT2D eigenvalue weighted by atomic mass is 127. The lowest BCUT2D eigenvalue weighted by molar-refractivity contribution is -0.274. The number of hydrogen-bond donors (Lipinski definition) is 2. The van der Waals surface area contributed by atoms with E-state index in [-0.39, 0.29) is 36.3 Å². The standard InChI is InChI=1S/C16H19F3N4O2.HI/c1-10-11(2)24-14(23-10)9-22-15(20-3)21-8-12-6-4-5-7-13(12)25-16(17,18)19;/h4-7H,8-9H2,1-3H3,(H2,20,21,22);1H. The molecule has 0 fully saturated rings. The highest BCUT2D eigenvalue weighted by Gasteiger charge is 2.31. The highest BCUT2D eigenvalue weighted by Crippen LogP contribution is 2.26. The molecule has 0 aliphatic rings. The van der Waals surface area contributed by atoms with Crippen LogP contribution in [-0.4, -0.2) is 24.4 Å². The first-order chi connectivity index (χ1) is 11.8. The minimum Gasteiger partial charge on any atom is -0.444 e. The molecule has 26 heavy (non-hydrogen) atoms. The van der Waals surface area contributed by atoms with Crippen molar-refractivity contribution in [1.82, 2.24) is 15.6 Å². The Balaban J connectivity index is 0.00000338.